The summed E-state index contributed by atoms with van der Waals surface area (Å²) in [5.74, 6) is 0.295. The number of carbonyl (C=O) groups is 1. The van der Waals surface area contributed by atoms with E-state index >= 15 is 0 Å². The number of amides is 1. The fourth-order valence-electron chi connectivity index (χ4n) is 3.79. The van der Waals surface area contributed by atoms with Crippen LogP contribution in [0.2, 0.25) is 0 Å². The summed E-state index contributed by atoms with van der Waals surface area (Å²) < 4.78 is 26.9. The predicted octanol–water partition coefficient (Wildman–Crippen LogP) is 1.67. The largest absolute Gasteiger partial charge is 0.336 e. The molecule has 0 aromatic heterocycles. The Hall–Kier alpha value is -1.44. The topological polar surface area (TPSA) is 83.7 Å². The zero-order valence-corrected chi connectivity index (χ0v) is 15.5. The number of carbonyl (C=O) groups excluding carboxylic acids is 1. The molecule has 0 aliphatic carbocycles. The Bertz CT molecular complexity index is 712. The Morgan fingerprint density at radius 1 is 1.16 bits per heavy atom. The standard InChI is InChI=1S/C18H27N3O3S/c1-14-11-15(12-19)13-21(14)18(22)16-5-7-17(8-6-16)25(23,24)20-9-3-2-4-10-20/h5-8,14-15H,2-4,9-13,19H2,1H3. The van der Waals surface area contributed by atoms with Crippen LogP contribution in [0.3, 0.4) is 0 Å². The third-order valence-electron chi connectivity index (χ3n) is 5.31. The van der Waals surface area contributed by atoms with Gasteiger partial charge in [-0.15, -0.1) is 0 Å². The molecule has 0 radical (unpaired) electrons. The van der Waals surface area contributed by atoms with Crippen molar-refractivity contribution in [3.63, 3.8) is 0 Å². The van der Waals surface area contributed by atoms with Crippen LogP contribution in [0.4, 0.5) is 0 Å². The molecule has 2 fully saturated rings. The van der Waals surface area contributed by atoms with Gasteiger partial charge in [0.15, 0.2) is 0 Å². The van der Waals surface area contributed by atoms with Crippen LogP contribution in [0.15, 0.2) is 29.2 Å². The maximum Gasteiger partial charge on any atom is 0.254 e. The van der Waals surface area contributed by atoms with Gasteiger partial charge in [0, 0.05) is 31.2 Å². The first-order valence-electron chi connectivity index (χ1n) is 9.04. The highest BCUT2D eigenvalue weighted by Gasteiger charge is 2.32. The maximum absolute atomic E-state index is 12.7. The highest BCUT2D eigenvalue weighted by atomic mass is 32.2. The van der Waals surface area contributed by atoms with Crippen molar-refractivity contribution in [1.29, 1.82) is 0 Å². The van der Waals surface area contributed by atoms with Crippen LogP contribution in [0.25, 0.3) is 0 Å². The lowest BCUT2D eigenvalue weighted by Crippen LogP contribution is -2.36. The third kappa shape index (κ3) is 3.73. The average molecular weight is 365 g/mol. The van der Waals surface area contributed by atoms with E-state index in [0.717, 1.165) is 25.7 Å². The van der Waals surface area contributed by atoms with Crippen molar-refractivity contribution in [3.8, 4) is 0 Å². The van der Waals surface area contributed by atoms with E-state index in [1.807, 2.05) is 11.8 Å². The summed E-state index contributed by atoms with van der Waals surface area (Å²) in [4.78, 5) is 14.8. The Labute approximate surface area is 150 Å². The Kier molecular flexibility index (Phi) is 5.46. The molecule has 0 bridgehead atoms. The first kappa shape index (κ1) is 18.4. The molecular formula is C18H27N3O3S. The molecule has 2 aliphatic rings. The monoisotopic (exact) mass is 365 g/mol. The molecule has 25 heavy (non-hydrogen) atoms. The zero-order chi connectivity index (χ0) is 18.0. The van der Waals surface area contributed by atoms with E-state index in [9.17, 15) is 13.2 Å². The third-order valence-corrected chi connectivity index (χ3v) is 7.22. The molecule has 2 N–H and O–H groups in total. The molecule has 2 atom stereocenters. The number of benzene rings is 1. The molecular weight excluding hydrogens is 338 g/mol. The van der Waals surface area contributed by atoms with Gasteiger partial charge in [-0.2, -0.15) is 4.31 Å². The first-order valence-corrected chi connectivity index (χ1v) is 10.5. The number of sulfonamides is 1. The number of nitrogens with two attached hydrogens (primary N) is 1. The summed E-state index contributed by atoms with van der Waals surface area (Å²) >= 11 is 0. The lowest BCUT2D eigenvalue weighted by Gasteiger charge is -2.26. The molecule has 0 saturated carbocycles. The van der Waals surface area contributed by atoms with Gasteiger partial charge in [0.1, 0.15) is 0 Å². The molecule has 1 aromatic carbocycles. The normalized spacial score (nSPS) is 25.3. The van der Waals surface area contributed by atoms with Crippen LogP contribution in [-0.2, 0) is 10.0 Å². The van der Waals surface area contributed by atoms with Gasteiger partial charge in [0.25, 0.3) is 5.91 Å². The van der Waals surface area contributed by atoms with Gasteiger partial charge in [0.2, 0.25) is 10.0 Å². The molecule has 1 aromatic rings. The number of piperidine rings is 1. The predicted molar refractivity (Wildman–Crippen MR) is 96.7 cm³/mol. The maximum atomic E-state index is 12.7. The summed E-state index contributed by atoms with van der Waals surface area (Å²) in [6.45, 7) is 4.44. The highest BCUT2D eigenvalue weighted by Crippen LogP contribution is 2.25. The second-order valence-corrected chi connectivity index (χ2v) is 9.07. The van der Waals surface area contributed by atoms with Crippen LogP contribution in [-0.4, -0.2) is 55.8 Å². The molecule has 3 rings (SSSR count). The fraction of sp³-hybridized carbons (Fsp3) is 0.611. The summed E-state index contributed by atoms with van der Waals surface area (Å²) in [5, 5.41) is 0. The summed E-state index contributed by atoms with van der Waals surface area (Å²) in [6.07, 6.45) is 3.82. The average Bonchev–Trinajstić information content (AvgIpc) is 3.03. The molecule has 0 spiro atoms. The highest BCUT2D eigenvalue weighted by molar-refractivity contribution is 7.89. The van der Waals surface area contributed by atoms with E-state index in [4.69, 9.17) is 5.73 Å². The van der Waals surface area contributed by atoms with E-state index in [2.05, 4.69) is 0 Å². The Balaban J connectivity index is 1.75. The second-order valence-electron chi connectivity index (χ2n) is 7.13. The molecule has 138 valence electrons. The molecule has 2 unspecified atom stereocenters. The zero-order valence-electron chi connectivity index (χ0n) is 14.7. The van der Waals surface area contributed by atoms with Gasteiger partial charge in [-0.1, -0.05) is 6.42 Å². The van der Waals surface area contributed by atoms with Crippen molar-refractivity contribution in [2.45, 2.75) is 43.5 Å². The van der Waals surface area contributed by atoms with E-state index in [1.54, 1.807) is 28.6 Å². The van der Waals surface area contributed by atoms with Crippen molar-refractivity contribution in [3.05, 3.63) is 29.8 Å². The van der Waals surface area contributed by atoms with Crippen molar-refractivity contribution < 1.29 is 13.2 Å². The SMILES string of the molecule is CC1CC(CN)CN1C(=O)c1ccc(S(=O)(=O)N2CCCCC2)cc1. The van der Waals surface area contributed by atoms with Crippen molar-refractivity contribution in [2.75, 3.05) is 26.2 Å². The van der Waals surface area contributed by atoms with Crippen LogP contribution in [0, 0.1) is 5.92 Å². The Morgan fingerprint density at radius 3 is 2.36 bits per heavy atom. The van der Waals surface area contributed by atoms with Gasteiger partial charge in [-0.05, 0) is 62.9 Å². The minimum Gasteiger partial charge on any atom is -0.336 e. The van der Waals surface area contributed by atoms with Gasteiger partial charge in [-0.3, -0.25) is 4.79 Å². The number of rotatable bonds is 4. The number of hydrogen-bond donors (Lipinski definition) is 1. The lowest BCUT2D eigenvalue weighted by molar-refractivity contribution is 0.0743. The quantitative estimate of drug-likeness (QED) is 0.880. The van der Waals surface area contributed by atoms with Crippen LogP contribution >= 0.6 is 0 Å². The molecule has 7 heteroatoms. The van der Waals surface area contributed by atoms with Crippen molar-refractivity contribution in [1.82, 2.24) is 9.21 Å². The van der Waals surface area contributed by atoms with Crippen LogP contribution < -0.4 is 5.73 Å². The van der Waals surface area contributed by atoms with E-state index in [-0.39, 0.29) is 16.8 Å². The number of hydrogen-bond acceptors (Lipinski definition) is 4. The minimum atomic E-state index is -3.46. The summed E-state index contributed by atoms with van der Waals surface area (Å²) in [7, 11) is -3.46. The molecule has 1 amide bonds. The van der Waals surface area contributed by atoms with Crippen molar-refractivity contribution >= 4 is 15.9 Å². The van der Waals surface area contributed by atoms with Crippen LogP contribution in [0.1, 0.15) is 43.0 Å². The fourth-order valence-corrected chi connectivity index (χ4v) is 5.30. The van der Waals surface area contributed by atoms with Gasteiger partial charge >= 0.3 is 0 Å². The van der Waals surface area contributed by atoms with Gasteiger partial charge in [0.05, 0.1) is 4.90 Å². The molecule has 2 heterocycles. The smallest absolute Gasteiger partial charge is 0.254 e. The van der Waals surface area contributed by atoms with E-state index in [0.29, 0.717) is 37.7 Å². The minimum absolute atomic E-state index is 0.0506. The summed E-state index contributed by atoms with van der Waals surface area (Å²) in [5.41, 5.74) is 6.26. The van der Waals surface area contributed by atoms with Gasteiger partial charge < -0.3 is 10.6 Å². The molecule has 2 aliphatic heterocycles. The van der Waals surface area contributed by atoms with E-state index < -0.39 is 10.0 Å². The number of nitrogens with zero attached hydrogens (tertiary/aromatic N) is 2. The van der Waals surface area contributed by atoms with Crippen LogP contribution in [0.5, 0.6) is 0 Å². The first-order chi connectivity index (χ1) is 11.9. The van der Waals surface area contributed by atoms with Gasteiger partial charge in [-0.25, -0.2) is 8.42 Å². The lowest BCUT2D eigenvalue weighted by atomic mass is 10.1. The second kappa shape index (κ2) is 7.43. The Morgan fingerprint density at radius 2 is 1.80 bits per heavy atom. The van der Waals surface area contributed by atoms with Crippen molar-refractivity contribution in [2.24, 2.45) is 11.7 Å². The summed E-state index contributed by atoms with van der Waals surface area (Å²) in [6, 6.07) is 6.53. The molecule has 2 saturated heterocycles. The van der Waals surface area contributed by atoms with E-state index in [1.165, 1.54) is 0 Å². The number of likely N-dealkylation sites (tertiary alicyclic amines) is 1. The molecule has 6 nitrogen and oxygen atoms in total.